The third kappa shape index (κ3) is 1.89. The molecule has 0 saturated carbocycles. The molecule has 1 aliphatic heterocycles. The van der Waals surface area contributed by atoms with Crippen LogP contribution in [0.15, 0.2) is 12.2 Å². The number of carbonyl (C=O) groups excluding carboxylic acids is 2. The SMILES string of the molecule is CC(N)CCN1C(=O)[C@H]2CC=CC[C@H]2C1=O. The maximum atomic E-state index is 12.0. The number of nitrogens with two attached hydrogens (primary N) is 1. The summed E-state index contributed by atoms with van der Waals surface area (Å²) in [5.41, 5.74) is 5.65. The molecule has 1 heterocycles. The highest BCUT2D eigenvalue weighted by Crippen LogP contribution is 2.34. The van der Waals surface area contributed by atoms with Crippen LogP contribution >= 0.6 is 0 Å². The van der Waals surface area contributed by atoms with Gasteiger partial charge in [-0.05, 0) is 26.2 Å². The number of amides is 2. The highest BCUT2D eigenvalue weighted by atomic mass is 16.2. The van der Waals surface area contributed by atoms with Gasteiger partial charge in [-0.2, -0.15) is 0 Å². The van der Waals surface area contributed by atoms with Gasteiger partial charge in [-0.15, -0.1) is 0 Å². The van der Waals surface area contributed by atoms with Crippen LogP contribution in [0.1, 0.15) is 26.2 Å². The summed E-state index contributed by atoms with van der Waals surface area (Å²) in [6.45, 7) is 2.36. The third-order valence-corrected chi connectivity index (χ3v) is 3.41. The fourth-order valence-corrected chi connectivity index (χ4v) is 2.42. The van der Waals surface area contributed by atoms with Crippen molar-refractivity contribution in [1.29, 1.82) is 0 Å². The number of hydrogen-bond acceptors (Lipinski definition) is 3. The summed E-state index contributed by atoms with van der Waals surface area (Å²) in [6, 6.07) is 0.0290. The Bertz CT molecular complexity index is 310. The molecule has 0 aromatic heterocycles. The lowest BCUT2D eigenvalue weighted by atomic mass is 9.85. The first-order valence-corrected chi connectivity index (χ1v) is 5.87. The lowest BCUT2D eigenvalue weighted by Crippen LogP contribution is -2.34. The van der Waals surface area contributed by atoms with Crippen LogP contribution < -0.4 is 5.73 Å². The van der Waals surface area contributed by atoms with Crippen LogP contribution in [0.5, 0.6) is 0 Å². The van der Waals surface area contributed by atoms with E-state index in [2.05, 4.69) is 0 Å². The molecule has 3 atom stereocenters. The Morgan fingerprint density at radius 2 is 1.81 bits per heavy atom. The maximum absolute atomic E-state index is 12.0. The van der Waals surface area contributed by atoms with Gasteiger partial charge in [-0.1, -0.05) is 12.2 Å². The summed E-state index contributed by atoms with van der Waals surface area (Å²) in [4.78, 5) is 25.4. The second kappa shape index (κ2) is 4.37. The van der Waals surface area contributed by atoms with Crippen molar-refractivity contribution < 1.29 is 9.59 Å². The summed E-state index contributed by atoms with van der Waals surface area (Å²) in [5.74, 6) is -0.212. The van der Waals surface area contributed by atoms with Gasteiger partial charge in [0.1, 0.15) is 0 Å². The van der Waals surface area contributed by atoms with E-state index < -0.39 is 0 Å². The Morgan fingerprint density at radius 1 is 1.31 bits per heavy atom. The average molecular weight is 222 g/mol. The Kier molecular flexibility index (Phi) is 3.10. The van der Waals surface area contributed by atoms with Gasteiger partial charge in [0.2, 0.25) is 11.8 Å². The fraction of sp³-hybridized carbons (Fsp3) is 0.667. The first-order valence-electron chi connectivity index (χ1n) is 5.87. The van der Waals surface area contributed by atoms with Crippen LogP contribution in [0.25, 0.3) is 0 Å². The Balaban J connectivity index is 2.06. The van der Waals surface area contributed by atoms with E-state index >= 15 is 0 Å². The predicted molar refractivity (Wildman–Crippen MR) is 60.3 cm³/mol. The van der Waals surface area contributed by atoms with E-state index in [1.54, 1.807) is 0 Å². The molecule has 2 amide bonds. The van der Waals surface area contributed by atoms with E-state index in [-0.39, 0.29) is 29.7 Å². The molecule has 0 bridgehead atoms. The number of hydrogen-bond donors (Lipinski definition) is 1. The summed E-state index contributed by atoms with van der Waals surface area (Å²) in [7, 11) is 0. The average Bonchev–Trinajstić information content (AvgIpc) is 2.50. The van der Waals surface area contributed by atoms with Crippen LogP contribution in [0.2, 0.25) is 0 Å². The molecule has 1 fully saturated rings. The molecule has 0 radical (unpaired) electrons. The van der Waals surface area contributed by atoms with Crippen molar-refractivity contribution in [3.63, 3.8) is 0 Å². The number of carbonyl (C=O) groups is 2. The smallest absolute Gasteiger partial charge is 0.233 e. The van der Waals surface area contributed by atoms with Gasteiger partial charge in [0.15, 0.2) is 0 Å². The van der Waals surface area contributed by atoms with E-state index in [1.165, 1.54) is 4.90 Å². The van der Waals surface area contributed by atoms with E-state index in [0.717, 1.165) is 0 Å². The number of fused-ring (bicyclic) bond motifs is 1. The van der Waals surface area contributed by atoms with Crippen molar-refractivity contribution in [1.82, 2.24) is 4.90 Å². The van der Waals surface area contributed by atoms with Crippen LogP contribution in [0.3, 0.4) is 0 Å². The standard InChI is InChI=1S/C12H18N2O2/c1-8(13)6-7-14-11(15)9-4-2-3-5-10(9)12(14)16/h2-3,8-10H,4-7,13H2,1H3/t8?,9-,10+. The minimum absolute atomic E-state index is 0.000000000000000222. The lowest BCUT2D eigenvalue weighted by Gasteiger charge is -2.15. The number of imide groups is 1. The Morgan fingerprint density at radius 3 is 2.25 bits per heavy atom. The van der Waals surface area contributed by atoms with Gasteiger partial charge in [0, 0.05) is 12.6 Å². The van der Waals surface area contributed by atoms with Gasteiger partial charge in [-0.25, -0.2) is 0 Å². The van der Waals surface area contributed by atoms with E-state index in [1.807, 2.05) is 19.1 Å². The second-order valence-electron chi connectivity index (χ2n) is 4.75. The van der Waals surface area contributed by atoms with Gasteiger partial charge in [0.05, 0.1) is 11.8 Å². The zero-order chi connectivity index (χ0) is 11.7. The molecule has 2 rings (SSSR count). The first-order chi connectivity index (χ1) is 7.61. The van der Waals surface area contributed by atoms with E-state index in [9.17, 15) is 9.59 Å². The van der Waals surface area contributed by atoms with Crippen LogP contribution in [0.4, 0.5) is 0 Å². The van der Waals surface area contributed by atoms with E-state index in [4.69, 9.17) is 5.73 Å². The zero-order valence-electron chi connectivity index (χ0n) is 9.56. The third-order valence-electron chi connectivity index (χ3n) is 3.41. The van der Waals surface area contributed by atoms with Gasteiger partial charge in [-0.3, -0.25) is 14.5 Å². The number of likely N-dealkylation sites (tertiary alicyclic amines) is 1. The van der Waals surface area contributed by atoms with E-state index in [0.29, 0.717) is 25.8 Å². The summed E-state index contributed by atoms with van der Waals surface area (Å²) >= 11 is 0. The molecule has 1 aliphatic carbocycles. The van der Waals surface area contributed by atoms with Crippen molar-refractivity contribution >= 4 is 11.8 Å². The number of nitrogens with zero attached hydrogens (tertiary/aromatic N) is 1. The summed E-state index contributed by atoms with van der Waals surface area (Å²) in [6.07, 6.45) is 6.11. The molecule has 0 aromatic carbocycles. The van der Waals surface area contributed by atoms with Gasteiger partial charge < -0.3 is 5.73 Å². The van der Waals surface area contributed by atoms with Crippen molar-refractivity contribution in [2.24, 2.45) is 17.6 Å². The van der Waals surface area contributed by atoms with Crippen molar-refractivity contribution in [2.75, 3.05) is 6.54 Å². The minimum atomic E-state index is -0.106. The highest BCUT2D eigenvalue weighted by molar-refractivity contribution is 6.05. The lowest BCUT2D eigenvalue weighted by molar-refractivity contribution is -0.139. The predicted octanol–water partition coefficient (Wildman–Crippen LogP) is 0.675. The topological polar surface area (TPSA) is 63.4 Å². The number of rotatable bonds is 3. The highest BCUT2D eigenvalue weighted by Gasteiger charge is 2.46. The first kappa shape index (κ1) is 11.3. The largest absolute Gasteiger partial charge is 0.328 e. The van der Waals surface area contributed by atoms with Crippen LogP contribution in [-0.4, -0.2) is 29.3 Å². The summed E-state index contributed by atoms with van der Waals surface area (Å²) in [5, 5.41) is 0. The Hall–Kier alpha value is -1.16. The molecule has 4 nitrogen and oxygen atoms in total. The second-order valence-corrected chi connectivity index (χ2v) is 4.75. The molecular weight excluding hydrogens is 204 g/mol. The molecule has 16 heavy (non-hydrogen) atoms. The summed E-state index contributed by atoms with van der Waals surface area (Å²) < 4.78 is 0. The fourth-order valence-electron chi connectivity index (χ4n) is 2.42. The van der Waals surface area contributed by atoms with Crippen LogP contribution in [0, 0.1) is 11.8 Å². The minimum Gasteiger partial charge on any atom is -0.328 e. The number of allylic oxidation sites excluding steroid dienone is 2. The van der Waals surface area contributed by atoms with Gasteiger partial charge >= 0.3 is 0 Å². The zero-order valence-corrected chi connectivity index (χ0v) is 9.56. The van der Waals surface area contributed by atoms with Crippen LogP contribution in [-0.2, 0) is 9.59 Å². The molecular formula is C12H18N2O2. The molecule has 2 aliphatic rings. The van der Waals surface area contributed by atoms with Crippen molar-refractivity contribution in [3.05, 3.63) is 12.2 Å². The molecule has 1 saturated heterocycles. The quantitative estimate of drug-likeness (QED) is 0.564. The molecule has 4 heteroatoms. The molecule has 2 N–H and O–H groups in total. The molecule has 0 aromatic rings. The van der Waals surface area contributed by atoms with Crippen molar-refractivity contribution in [2.45, 2.75) is 32.2 Å². The monoisotopic (exact) mass is 222 g/mol. The normalized spacial score (nSPS) is 30.8. The molecule has 0 spiro atoms. The molecule has 1 unspecified atom stereocenters. The molecule has 88 valence electrons. The Labute approximate surface area is 95.5 Å². The van der Waals surface area contributed by atoms with Gasteiger partial charge in [0.25, 0.3) is 0 Å². The van der Waals surface area contributed by atoms with Crippen molar-refractivity contribution in [3.8, 4) is 0 Å². The maximum Gasteiger partial charge on any atom is 0.233 e.